The fraction of sp³-hybridized carbons (Fsp3) is 0.333. The fourth-order valence-electron chi connectivity index (χ4n) is 2.77. The number of aromatic nitrogens is 2. The highest BCUT2D eigenvalue weighted by molar-refractivity contribution is 7.17. The number of anilines is 1. The minimum Gasteiger partial charge on any atom is -0.395 e. The van der Waals surface area contributed by atoms with Crippen molar-refractivity contribution >= 4 is 27.4 Å². The molecule has 3 rings (SSSR count). The summed E-state index contributed by atoms with van der Waals surface area (Å²) >= 11 is 1.59. The van der Waals surface area contributed by atoms with Gasteiger partial charge in [0.2, 0.25) is 0 Å². The Morgan fingerprint density at radius 2 is 1.67 bits per heavy atom. The number of hydrogen-bond acceptors (Lipinski definition) is 6. The van der Waals surface area contributed by atoms with Crippen molar-refractivity contribution in [2.75, 3.05) is 31.2 Å². The van der Waals surface area contributed by atoms with Crippen LogP contribution in [-0.2, 0) is 0 Å². The van der Waals surface area contributed by atoms with Gasteiger partial charge in [-0.3, -0.25) is 0 Å². The van der Waals surface area contributed by atoms with Crippen LogP contribution in [0.25, 0.3) is 21.3 Å². The van der Waals surface area contributed by atoms with Crippen molar-refractivity contribution in [1.82, 2.24) is 9.97 Å². The van der Waals surface area contributed by atoms with E-state index in [4.69, 9.17) is 0 Å². The van der Waals surface area contributed by atoms with Crippen molar-refractivity contribution in [3.8, 4) is 11.1 Å². The Hall–Kier alpha value is -2.02. The molecule has 0 saturated heterocycles. The van der Waals surface area contributed by atoms with E-state index in [2.05, 4.69) is 46.5 Å². The first-order valence-electron chi connectivity index (χ1n) is 7.93. The summed E-state index contributed by atoms with van der Waals surface area (Å²) in [7, 11) is 0. The highest BCUT2D eigenvalue weighted by Gasteiger charge is 2.18. The van der Waals surface area contributed by atoms with Crippen LogP contribution >= 0.6 is 11.3 Å². The van der Waals surface area contributed by atoms with E-state index in [9.17, 15) is 10.2 Å². The van der Waals surface area contributed by atoms with Crippen LogP contribution in [-0.4, -0.2) is 46.5 Å². The molecule has 0 fully saturated rings. The SMILES string of the molecule is Cc1ccc(-c2csc3nc(C)nc(N(CCO)CCO)c23)cc1. The molecule has 2 heterocycles. The average molecular weight is 343 g/mol. The van der Waals surface area contributed by atoms with E-state index in [-0.39, 0.29) is 13.2 Å². The van der Waals surface area contributed by atoms with Crippen LogP contribution in [0.5, 0.6) is 0 Å². The van der Waals surface area contributed by atoms with Gasteiger partial charge >= 0.3 is 0 Å². The zero-order valence-corrected chi connectivity index (χ0v) is 14.7. The second kappa shape index (κ2) is 7.25. The number of aliphatic hydroxyl groups is 2. The van der Waals surface area contributed by atoms with Gasteiger partial charge in [-0.25, -0.2) is 9.97 Å². The number of nitrogens with zero attached hydrogens (tertiary/aromatic N) is 3. The minimum atomic E-state index is 0.00848. The van der Waals surface area contributed by atoms with E-state index in [1.807, 2.05) is 11.8 Å². The van der Waals surface area contributed by atoms with E-state index in [1.165, 1.54) is 5.56 Å². The van der Waals surface area contributed by atoms with Crippen molar-refractivity contribution in [1.29, 1.82) is 0 Å². The van der Waals surface area contributed by atoms with E-state index in [1.54, 1.807) is 11.3 Å². The number of aliphatic hydroxyl groups excluding tert-OH is 2. The van der Waals surface area contributed by atoms with E-state index >= 15 is 0 Å². The Kier molecular flexibility index (Phi) is 5.08. The topological polar surface area (TPSA) is 69.5 Å². The zero-order valence-electron chi connectivity index (χ0n) is 13.9. The summed E-state index contributed by atoms with van der Waals surface area (Å²) in [6, 6.07) is 8.38. The summed E-state index contributed by atoms with van der Waals surface area (Å²) in [5, 5.41) is 21.8. The van der Waals surface area contributed by atoms with Gasteiger partial charge in [0.15, 0.2) is 0 Å². The van der Waals surface area contributed by atoms with Gasteiger partial charge in [-0.15, -0.1) is 11.3 Å². The standard InChI is InChI=1S/C18H21N3O2S/c1-12-3-5-14(6-4-12)15-11-24-18-16(15)17(19-13(2)20-18)21(7-9-22)8-10-23/h3-6,11,22-23H,7-10H2,1-2H3. The summed E-state index contributed by atoms with van der Waals surface area (Å²) in [4.78, 5) is 12.0. The van der Waals surface area contributed by atoms with Gasteiger partial charge in [-0.2, -0.15) is 0 Å². The summed E-state index contributed by atoms with van der Waals surface area (Å²) in [6.07, 6.45) is 0. The molecule has 6 heteroatoms. The van der Waals surface area contributed by atoms with Crippen LogP contribution in [0, 0.1) is 13.8 Å². The fourth-order valence-corrected chi connectivity index (χ4v) is 3.75. The van der Waals surface area contributed by atoms with Crippen LogP contribution in [0.15, 0.2) is 29.6 Å². The maximum Gasteiger partial charge on any atom is 0.141 e. The maximum absolute atomic E-state index is 9.37. The molecule has 0 bridgehead atoms. The Balaban J connectivity index is 2.20. The summed E-state index contributed by atoms with van der Waals surface area (Å²) < 4.78 is 0. The molecular weight excluding hydrogens is 322 g/mol. The van der Waals surface area contributed by atoms with Crippen molar-refractivity contribution < 1.29 is 10.2 Å². The molecule has 0 spiro atoms. The molecule has 0 radical (unpaired) electrons. The number of aryl methyl sites for hydroxylation is 2. The lowest BCUT2D eigenvalue weighted by Crippen LogP contribution is -2.30. The molecule has 0 aliphatic carbocycles. The molecule has 5 nitrogen and oxygen atoms in total. The van der Waals surface area contributed by atoms with Gasteiger partial charge in [-0.05, 0) is 19.4 Å². The van der Waals surface area contributed by atoms with Crippen LogP contribution in [0.2, 0.25) is 0 Å². The van der Waals surface area contributed by atoms with E-state index < -0.39 is 0 Å². The van der Waals surface area contributed by atoms with Gasteiger partial charge in [0, 0.05) is 24.0 Å². The molecule has 0 amide bonds. The third-order valence-electron chi connectivity index (χ3n) is 3.93. The molecule has 0 saturated carbocycles. The van der Waals surface area contributed by atoms with E-state index in [0.29, 0.717) is 18.9 Å². The molecule has 0 unspecified atom stereocenters. The van der Waals surface area contributed by atoms with Crippen LogP contribution < -0.4 is 4.90 Å². The maximum atomic E-state index is 9.37. The van der Waals surface area contributed by atoms with Crippen molar-refractivity contribution in [2.24, 2.45) is 0 Å². The summed E-state index contributed by atoms with van der Waals surface area (Å²) in [5.74, 6) is 1.47. The largest absolute Gasteiger partial charge is 0.395 e. The number of thiophene rings is 1. The lowest BCUT2D eigenvalue weighted by atomic mass is 10.0. The van der Waals surface area contributed by atoms with Gasteiger partial charge in [0.25, 0.3) is 0 Å². The number of fused-ring (bicyclic) bond motifs is 1. The Labute approximate surface area is 145 Å². The third kappa shape index (κ3) is 3.26. The Bertz CT molecular complexity index is 824. The highest BCUT2D eigenvalue weighted by Crippen LogP contribution is 2.38. The quantitative estimate of drug-likeness (QED) is 0.720. The number of benzene rings is 1. The van der Waals surface area contributed by atoms with E-state index in [0.717, 1.165) is 27.2 Å². The molecule has 0 atom stereocenters. The first-order valence-corrected chi connectivity index (χ1v) is 8.81. The molecule has 3 aromatic rings. The lowest BCUT2D eigenvalue weighted by Gasteiger charge is -2.23. The van der Waals surface area contributed by atoms with Crippen molar-refractivity contribution in [2.45, 2.75) is 13.8 Å². The monoisotopic (exact) mass is 343 g/mol. The predicted molar refractivity (Wildman–Crippen MR) is 98.7 cm³/mol. The molecule has 1 aromatic carbocycles. The molecule has 126 valence electrons. The van der Waals surface area contributed by atoms with Gasteiger partial charge in [-0.1, -0.05) is 29.8 Å². The van der Waals surface area contributed by atoms with Crippen LogP contribution in [0.1, 0.15) is 11.4 Å². The first kappa shape index (κ1) is 16.8. The number of rotatable bonds is 6. The summed E-state index contributed by atoms with van der Waals surface area (Å²) in [6.45, 7) is 4.80. The zero-order chi connectivity index (χ0) is 17.1. The van der Waals surface area contributed by atoms with Crippen LogP contribution in [0.3, 0.4) is 0 Å². The minimum absolute atomic E-state index is 0.00848. The van der Waals surface area contributed by atoms with Crippen LogP contribution in [0.4, 0.5) is 5.82 Å². The summed E-state index contributed by atoms with van der Waals surface area (Å²) in [5.41, 5.74) is 3.42. The molecular formula is C18H21N3O2S. The highest BCUT2D eigenvalue weighted by atomic mass is 32.1. The first-order chi connectivity index (χ1) is 11.6. The second-order valence-electron chi connectivity index (χ2n) is 5.72. The molecule has 0 aliphatic rings. The normalized spacial score (nSPS) is 11.2. The van der Waals surface area contributed by atoms with Gasteiger partial charge in [0.1, 0.15) is 16.5 Å². The second-order valence-corrected chi connectivity index (χ2v) is 6.58. The molecule has 24 heavy (non-hydrogen) atoms. The molecule has 2 aromatic heterocycles. The Morgan fingerprint density at radius 1 is 1.00 bits per heavy atom. The predicted octanol–water partition coefficient (Wildman–Crippen LogP) is 2.77. The molecule has 0 aliphatic heterocycles. The van der Waals surface area contributed by atoms with Crippen molar-refractivity contribution in [3.63, 3.8) is 0 Å². The Morgan fingerprint density at radius 3 is 2.29 bits per heavy atom. The number of hydrogen-bond donors (Lipinski definition) is 2. The average Bonchev–Trinajstić information content (AvgIpc) is 2.98. The third-order valence-corrected chi connectivity index (χ3v) is 4.80. The molecule has 2 N–H and O–H groups in total. The van der Waals surface area contributed by atoms with Gasteiger partial charge < -0.3 is 15.1 Å². The van der Waals surface area contributed by atoms with Gasteiger partial charge in [0.05, 0.1) is 18.6 Å². The lowest BCUT2D eigenvalue weighted by molar-refractivity contribution is 0.281. The smallest absolute Gasteiger partial charge is 0.141 e. The van der Waals surface area contributed by atoms with Crippen molar-refractivity contribution in [3.05, 3.63) is 41.0 Å².